The summed E-state index contributed by atoms with van der Waals surface area (Å²) < 4.78 is 4.57. The number of hydrogen-bond donors (Lipinski definition) is 0. The van der Waals surface area contributed by atoms with Crippen LogP contribution in [0, 0.1) is 0 Å². The molecular formula is C14H17ClN2O2. The highest BCUT2D eigenvalue weighted by Gasteiger charge is 2.16. The van der Waals surface area contributed by atoms with Crippen molar-refractivity contribution in [3.63, 3.8) is 0 Å². The predicted molar refractivity (Wildman–Crippen MR) is 76.4 cm³/mol. The Morgan fingerprint density at radius 3 is 2.58 bits per heavy atom. The van der Waals surface area contributed by atoms with Gasteiger partial charge in [-0.2, -0.15) is 0 Å². The summed E-state index contributed by atoms with van der Waals surface area (Å²) in [6.07, 6.45) is 3.24. The summed E-state index contributed by atoms with van der Waals surface area (Å²) in [7, 11) is 1.38. The van der Waals surface area contributed by atoms with Crippen LogP contribution in [0.2, 0.25) is 5.02 Å². The number of carbonyl (C=O) groups is 1. The van der Waals surface area contributed by atoms with Crippen molar-refractivity contribution in [2.24, 2.45) is 0 Å². The summed E-state index contributed by atoms with van der Waals surface area (Å²) in [6.45, 7) is 3.49. The zero-order chi connectivity index (χ0) is 13.7. The van der Waals surface area contributed by atoms with Gasteiger partial charge in [0.15, 0.2) is 0 Å². The van der Waals surface area contributed by atoms with Crippen LogP contribution in [0.1, 0.15) is 0 Å². The summed E-state index contributed by atoms with van der Waals surface area (Å²) in [6, 6.07) is 7.86. The fourth-order valence-electron chi connectivity index (χ4n) is 2.05. The number of ether oxygens (including phenoxy) is 1. The molecule has 1 aromatic rings. The number of para-hydroxylation sites is 1. The summed E-state index contributed by atoms with van der Waals surface area (Å²) in [5.41, 5.74) is 1.07. The van der Waals surface area contributed by atoms with Crippen LogP contribution in [0.5, 0.6) is 0 Å². The molecule has 0 unspecified atom stereocenters. The average molecular weight is 281 g/mol. The second-order valence-electron chi connectivity index (χ2n) is 4.31. The monoisotopic (exact) mass is 280 g/mol. The van der Waals surface area contributed by atoms with Gasteiger partial charge in [0.2, 0.25) is 0 Å². The lowest BCUT2D eigenvalue weighted by atomic mass is 10.2. The van der Waals surface area contributed by atoms with Gasteiger partial charge in [-0.05, 0) is 12.1 Å². The van der Waals surface area contributed by atoms with Gasteiger partial charge in [-0.25, -0.2) is 4.79 Å². The van der Waals surface area contributed by atoms with E-state index in [-0.39, 0.29) is 5.97 Å². The van der Waals surface area contributed by atoms with E-state index in [2.05, 4.69) is 14.5 Å². The molecule has 102 valence electrons. The number of esters is 1. The Morgan fingerprint density at radius 2 is 1.95 bits per heavy atom. The quantitative estimate of drug-likeness (QED) is 0.627. The van der Waals surface area contributed by atoms with Gasteiger partial charge in [0.05, 0.1) is 17.8 Å². The van der Waals surface area contributed by atoms with E-state index < -0.39 is 0 Å². The normalized spacial score (nSPS) is 15.9. The van der Waals surface area contributed by atoms with Gasteiger partial charge in [0.25, 0.3) is 0 Å². The predicted octanol–water partition coefficient (Wildman–Crippen LogP) is 2.15. The Bertz CT molecular complexity index is 468. The minimum Gasteiger partial charge on any atom is -0.466 e. The van der Waals surface area contributed by atoms with Gasteiger partial charge in [-0.3, -0.25) is 0 Å². The van der Waals surface area contributed by atoms with Crippen molar-refractivity contribution in [2.75, 3.05) is 38.2 Å². The van der Waals surface area contributed by atoms with Crippen LogP contribution in [-0.2, 0) is 9.53 Å². The summed E-state index contributed by atoms with van der Waals surface area (Å²) in [5.74, 6) is -0.325. The number of benzene rings is 1. The lowest BCUT2D eigenvalue weighted by Crippen LogP contribution is -2.44. The molecule has 1 fully saturated rings. The van der Waals surface area contributed by atoms with Gasteiger partial charge in [-0.15, -0.1) is 0 Å². The molecule has 19 heavy (non-hydrogen) atoms. The van der Waals surface area contributed by atoms with Gasteiger partial charge in [0, 0.05) is 38.5 Å². The number of methoxy groups -OCH3 is 1. The molecule has 1 saturated heterocycles. The van der Waals surface area contributed by atoms with Crippen LogP contribution in [0.25, 0.3) is 0 Å². The Hall–Kier alpha value is -1.68. The maximum Gasteiger partial charge on any atom is 0.331 e. The van der Waals surface area contributed by atoms with Crippen molar-refractivity contribution in [1.82, 2.24) is 4.90 Å². The third-order valence-electron chi connectivity index (χ3n) is 3.13. The zero-order valence-electron chi connectivity index (χ0n) is 10.9. The van der Waals surface area contributed by atoms with Crippen molar-refractivity contribution in [1.29, 1.82) is 0 Å². The van der Waals surface area contributed by atoms with Crippen LogP contribution in [0.15, 0.2) is 36.5 Å². The SMILES string of the molecule is COC(=O)C=CN1CCN(c2ccccc2Cl)CC1. The molecule has 0 bridgehead atoms. The first-order valence-corrected chi connectivity index (χ1v) is 6.58. The fourth-order valence-corrected chi connectivity index (χ4v) is 2.31. The van der Waals surface area contributed by atoms with Crippen molar-refractivity contribution in [2.45, 2.75) is 0 Å². The van der Waals surface area contributed by atoms with E-state index in [1.54, 1.807) is 6.20 Å². The topological polar surface area (TPSA) is 32.8 Å². The van der Waals surface area contributed by atoms with Crippen molar-refractivity contribution >= 4 is 23.3 Å². The largest absolute Gasteiger partial charge is 0.466 e. The van der Waals surface area contributed by atoms with E-state index >= 15 is 0 Å². The Balaban J connectivity index is 1.91. The molecule has 0 atom stereocenters. The summed E-state index contributed by atoms with van der Waals surface area (Å²) >= 11 is 6.19. The molecule has 0 aromatic heterocycles. The minimum atomic E-state index is -0.325. The van der Waals surface area contributed by atoms with E-state index in [4.69, 9.17) is 11.6 Å². The van der Waals surface area contributed by atoms with Crippen LogP contribution in [-0.4, -0.2) is 44.2 Å². The Kier molecular flexibility index (Phi) is 4.68. The molecule has 0 N–H and O–H groups in total. The maximum atomic E-state index is 11.0. The number of carbonyl (C=O) groups excluding carboxylic acids is 1. The number of piperazine rings is 1. The number of hydrogen-bond acceptors (Lipinski definition) is 4. The maximum absolute atomic E-state index is 11.0. The van der Waals surface area contributed by atoms with Crippen LogP contribution in [0.4, 0.5) is 5.69 Å². The molecule has 2 rings (SSSR count). The summed E-state index contributed by atoms with van der Waals surface area (Å²) in [5, 5.41) is 0.779. The van der Waals surface area contributed by atoms with Gasteiger partial charge < -0.3 is 14.5 Å². The van der Waals surface area contributed by atoms with Gasteiger partial charge in [0.1, 0.15) is 0 Å². The highest BCUT2D eigenvalue weighted by Crippen LogP contribution is 2.25. The van der Waals surface area contributed by atoms with Crippen molar-refractivity contribution in [3.05, 3.63) is 41.6 Å². The van der Waals surface area contributed by atoms with E-state index in [0.717, 1.165) is 36.9 Å². The molecular weight excluding hydrogens is 264 g/mol. The van der Waals surface area contributed by atoms with E-state index in [9.17, 15) is 4.79 Å². The van der Waals surface area contributed by atoms with E-state index in [1.165, 1.54) is 13.2 Å². The van der Waals surface area contributed by atoms with Crippen LogP contribution < -0.4 is 4.90 Å². The molecule has 0 spiro atoms. The Morgan fingerprint density at radius 1 is 1.26 bits per heavy atom. The molecule has 5 heteroatoms. The summed E-state index contributed by atoms with van der Waals surface area (Å²) in [4.78, 5) is 15.4. The third kappa shape index (κ3) is 3.64. The minimum absolute atomic E-state index is 0.325. The molecule has 1 aliphatic heterocycles. The van der Waals surface area contributed by atoms with Gasteiger partial charge >= 0.3 is 5.97 Å². The molecule has 4 nitrogen and oxygen atoms in total. The Labute approximate surface area is 118 Å². The van der Waals surface area contributed by atoms with Crippen LogP contribution >= 0.6 is 11.6 Å². The second kappa shape index (κ2) is 6.48. The highest BCUT2D eigenvalue weighted by molar-refractivity contribution is 6.33. The number of anilines is 1. The number of halogens is 1. The van der Waals surface area contributed by atoms with Crippen molar-refractivity contribution < 1.29 is 9.53 Å². The number of rotatable bonds is 3. The second-order valence-corrected chi connectivity index (χ2v) is 4.72. The lowest BCUT2D eigenvalue weighted by molar-refractivity contribution is -0.134. The molecule has 1 heterocycles. The molecule has 0 saturated carbocycles. The van der Waals surface area contributed by atoms with E-state index in [0.29, 0.717) is 0 Å². The third-order valence-corrected chi connectivity index (χ3v) is 3.45. The van der Waals surface area contributed by atoms with E-state index in [1.807, 2.05) is 24.3 Å². The molecule has 0 amide bonds. The smallest absolute Gasteiger partial charge is 0.331 e. The molecule has 0 aliphatic carbocycles. The molecule has 1 aliphatic rings. The zero-order valence-corrected chi connectivity index (χ0v) is 11.6. The first-order valence-electron chi connectivity index (χ1n) is 6.20. The molecule has 0 radical (unpaired) electrons. The lowest BCUT2D eigenvalue weighted by Gasteiger charge is -2.35. The first-order chi connectivity index (χ1) is 9.20. The van der Waals surface area contributed by atoms with Crippen molar-refractivity contribution in [3.8, 4) is 0 Å². The first kappa shape index (κ1) is 13.7. The standard InChI is InChI=1S/C14H17ClN2O2/c1-19-14(18)6-7-16-8-10-17(11-9-16)13-5-3-2-4-12(13)15/h2-7H,8-11H2,1H3. The highest BCUT2D eigenvalue weighted by atomic mass is 35.5. The fraction of sp³-hybridized carbons (Fsp3) is 0.357. The van der Waals surface area contributed by atoms with Crippen LogP contribution in [0.3, 0.4) is 0 Å². The van der Waals surface area contributed by atoms with Gasteiger partial charge in [-0.1, -0.05) is 23.7 Å². The number of nitrogens with zero attached hydrogens (tertiary/aromatic N) is 2. The average Bonchev–Trinajstić information content (AvgIpc) is 2.46. The molecule has 1 aromatic carbocycles.